The molecule has 3 rings (SSSR count). The van der Waals surface area contributed by atoms with Crippen molar-refractivity contribution in [1.82, 2.24) is 19.5 Å². The van der Waals surface area contributed by atoms with Crippen LogP contribution >= 0.6 is 27.5 Å². The van der Waals surface area contributed by atoms with Crippen molar-refractivity contribution < 1.29 is 0 Å². The van der Waals surface area contributed by atoms with Crippen LogP contribution in [0.5, 0.6) is 0 Å². The number of hydrogen-bond donors (Lipinski definition) is 0. The molecular formula is C14H16BrClN4. The predicted octanol–water partition coefficient (Wildman–Crippen LogP) is 4.43. The second-order valence-electron chi connectivity index (χ2n) is 5.08. The zero-order valence-electron chi connectivity index (χ0n) is 11.3. The highest BCUT2D eigenvalue weighted by Crippen LogP contribution is 2.39. The second kappa shape index (κ2) is 5.82. The molecule has 20 heavy (non-hydrogen) atoms. The molecule has 0 N–H and O–H groups in total. The molecule has 0 atom stereocenters. The Morgan fingerprint density at radius 1 is 1.35 bits per heavy atom. The molecule has 1 aliphatic rings. The van der Waals surface area contributed by atoms with Crippen molar-refractivity contribution >= 4 is 27.5 Å². The van der Waals surface area contributed by atoms with Crippen molar-refractivity contribution in [2.24, 2.45) is 0 Å². The minimum atomic E-state index is 0.487. The molecule has 2 aromatic rings. The quantitative estimate of drug-likeness (QED) is 0.765. The average Bonchev–Trinajstić information content (AvgIpc) is 3.11. The fourth-order valence-corrected chi connectivity index (χ4v) is 3.46. The third-order valence-corrected chi connectivity index (χ3v) is 5.14. The standard InChI is InChI=1S/C14H16BrClN4/c1-2-20-8-17-7-10(20)14-18-12(9-5-3-4-6-9)11(15)13(16)19-14/h7-9H,2-6H2,1H3. The third-order valence-electron chi connectivity index (χ3n) is 3.86. The fourth-order valence-electron chi connectivity index (χ4n) is 2.78. The molecule has 0 spiro atoms. The second-order valence-corrected chi connectivity index (χ2v) is 6.23. The van der Waals surface area contributed by atoms with Gasteiger partial charge in [0.15, 0.2) is 5.82 Å². The maximum absolute atomic E-state index is 6.28. The van der Waals surface area contributed by atoms with Crippen molar-refractivity contribution in [3.63, 3.8) is 0 Å². The number of nitrogens with zero attached hydrogens (tertiary/aromatic N) is 4. The molecule has 106 valence electrons. The summed E-state index contributed by atoms with van der Waals surface area (Å²) < 4.78 is 2.87. The van der Waals surface area contributed by atoms with E-state index in [-0.39, 0.29) is 0 Å². The van der Waals surface area contributed by atoms with Crippen LogP contribution in [0.25, 0.3) is 11.5 Å². The summed E-state index contributed by atoms with van der Waals surface area (Å²) >= 11 is 9.83. The molecule has 0 aromatic carbocycles. The zero-order valence-corrected chi connectivity index (χ0v) is 13.7. The molecule has 0 bridgehead atoms. The Balaban J connectivity index is 2.08. The molecule has 1 aliphatic carbocycles. The van der Waals surface area contributed by atoms with Gasteiger partial charge in [-0.05, 0) is 35.7 Å². The van der Waals surface area contributed by atoms with Gasteiger partial charge in [-0.3, -0.25) is 0 Å². The van der Waals surface area contributed by atoms with E-state index >= 15 is 0 Å². The number of aromatic nitrogens is 4. The monoisotopic (exact) mass is 354 g/mol. The summed E-state index contributed by atoms with van der Waals surface area (Å²) in [7, 11) is 0. The maximum atomic E-state index is 6.28. The first-order valence-corrected chi connectivity index (χ1v) is 8.11. The van der Waals surface area contributed by atoms with Crippen LogP contribution in [0.15, 0.2) is 17.0 Å². The van der Waals surface area contributed by atoms with Crippen LogP contribution in [0.4, 0.5) is 0 Å². The number of hydrogen-bond acceptors (Lipinski definition) is 3. The number of imidazole rings is 1. The molecular weight excluding hydrogens is 340 g/mol. The molecule has 0 amide bonds. The number of aryl methyl sites for hydroxylation is 1. The van der Waals surface area contributed by atoms with E-state index in [4.69, 9.17) is 16.6 Å². The lowest BCUT2D eigenvalue weighted by Gasteiger charge is -2.13. The lowest BCUT2D eigenvalue weighted by atomic mass is 10.0. The molecule has 0 radical (unpaired) electrons. The van der Waals surface area contributed by atoms with Gasteiger partial charge in [0.25, 0.3) is 0 Å². The van der Waals surface area contributed by atoms with Crippen molar-refractivity contribution in [3.05, 3.63) is 27.8 Å². The minimum absolute atomic E-state index is 0.487. The third kappa shape index (κ3) is 2.49. The molecule has 4 nitrogen and oxygen atoms in total. The Labute approximate surface area is 131 Å². The summed E-state index contributed by atoms with van der Waals surface area (Å²) in [5.41, 5.74) is 1.96. The lowest BCUT2D eigenvalue weighted by Crippen LogP contribution is -2.05. The molecule has 6 heteroatoms. The molecule has 1 fully saturated rings. The Bertz CT molecular complexity index is 620. The van der Waals surface area contributed by atoms with Gasteiger partial charge < -0.3 is 4.57 Å². The van der Waals surface area contributed by atoms with E-state index in [0.717, 1.165) is 22.4 Å². The Kier molecular flexibility index (Phi) is 4.08. The normalized spacial score (nSPS) is 15.9. The van der Waals surface area contributed by atoms with Gasteiger partial charge in [-0.15, -0.1) is 0 Å². The summed E-state index contributed by atoms with van der Waals surface area (Å²) in [6.45, 7) is 2.91. The van der Waals surface area contributed by atoms with Gasteiger partial charge in [0.1, 0.15) is 10.8 Å². The summed E-state index contributed by atoms with van der Waals surface area (Å²) in [5, 5.41) is 0.487. The predicted molar refractivity (Wildman–Crippen MR) is 82.8 cm³/mol. The van der Waals surface area contributed by atoms with Gasteiger partial charge in [-0.2, -0.15) is 0 Å². The zero-order chi connectivity index (χ0) is 14.1. The molecule has 2 aromatic heterocycles. The van der Waals surface area contributed by atoms with Crippen LogP contribution in [0.2, 0.25) is 5.15 Å². The highest BCUT2D eigenvalue weighted by Gasteiger charge is 2.24. The van der Waals surface area contributed by atoms with Gasteiger partial charge in [-0.25, -0.2) is 15.0 Å². The first-order chi connectivity index (χ1) is 9.70. The van der Waals surface area contributed by atoms with E-state index in [9.17, 15) is 0 Å². The van der Waals surface area contributed by atoms with E-state index in [1.165, 1.54) is 25.7 Å². The Morgan fingerprint density at radius 3 is 2.80 bits per heavy atom. The lowest BCUT2D eigenvalue weighted by molar-refractivity contribution is 0.688. The summed E-state index contributed by atoms with van der Waals surface area (Å²) in [6, 6.07) is 0. The van der Waals surface area contributed by atoms with Gasteiger partial charge in [0.05, 0.1) is 22.7 Å². The van der Waals surface area contributed by atoms with Crippen molar-refractivity contribution in [3.8, 4) is 11.5 Å². The largest absolute Gasteiger partial charge is 0.328 e. The Hall–Kier alpha value is -0.940. The van der Waals surface area contributed by atoms with Crippen molar-refractivity contribution in [2.75, 3.05) is 0 Å². The number of rotatable bonds is 3. The number of halogens is 2. The first-order valence-electron chi connectivity index (χ1n) is 6.94. The van der Waals surface area contributed by atoms with Crippen molar-refractivity contribution in [1.29, 1.82) is 0 Å². The molecule has 1 saturated carbocycles. The van der Waals surface area contributed by atoms with E-state index in [1.54, 1.807) is 12.5 Å². The molecule has 0 saturated heterocycles. The topological polar surface area (TPSA) is 43.6 Å². The van der Waals surface area contributed by atoms with Gasteiger partial charge in [-0.1, -0.05) is 24.4 Å². The van der Waals surface area contributed by atoms with Gasteiger partial charge in [0, 0.05) is 12.5 Å². The maximum Gasteiger partial charge on any atom is 0.179 e. The van der Waals surface area contributed by atoms with E-state index in [1.807, 2.05) is 4.57 Å². The highest BCUT2D eigenvalue weighted by molar-refractivity contribution is 9.10. The molecule has 2 heterocycles. The van der Waals surface area contributed by atoms with E-state index in [0.29, 0.717) is 16.9 Å². The molecule has 0 unspecified atom stereocenters. The first kappa shape index (κ1) is 14.0. The minimum Gasteiger partial charge on any atom is -0.328 e. The highest BCUT2D eigenvalue weighted by atomic mass is 79.9. The van der Waals surface area contributed by atoms with Crippen LogP contribution < -0.4 is 0 Å². The summed E-state index contributed by atoms with van der Waals surface area (Å²) in [5.74, 6) is 1.15. The van der Waals surface area contributed by atoms with Crippen LogP contribution in [-0.2, 0) is 6.54 Å². The van der Waals surface area contributed by atoms with Crippen molar-refractivity contribution in [2.45, 2.75) is 45.1 Å². The Morgan fingerprint density at radius 2 is 2.10 bits per heavy atom. The fraction of sp³-hybridized carbons (Fsp3) is 0.500. The van der Waals surface area contributed by atoms with Crippen LogP contribution in [-0.4, -0.2) is 19.5 Å². The van der Waals surface area contributed by atoms with E-state index in [2.05, 4.69) is 32.8 Å². The van der Waals surface area contributed by atoms with Gasteiger partial charge >= 0.3 is 0 Å². The summed E-state index contributed by atoms with van der Waals surface area (Å²) in [6.07, 6.45) is 8.48. The average molecular weight is 356 g/mol. The van der Waals surface area contributed by atoms with Crippen LogP contribution in [0, 0.1) is 0 Å². The smallest absolute Gasteiger partial charge is 0.179 e. The van der Waals surface area contributed by atoms with Crippen LogP contribution in [0.1, 0.15) is 44.2 Å². The van der Waals surface area contributed by atoms with Crippen LogP contribution in [0.3, 0.4) is 0 Å². The molecule has 0 aliphatic heterocycles. The SMILES string of the molecule is CCn1cncc1-c1nc(Cl)c(Br)c(C2CCCC2)n1. The van der Waals surface area contributed by atoms with Gasteiger partial charge in [0.2, 0.25) is 0 Å². The summed E-state index contributed by atoms with van der Waals surface area (Å²) in [4.78, 5) is 13.3. The van der Waals surface area contributed by atoms with E-state index < -0.39 is 0 Å².